The molecule has 1 amide bonds. The molecule has 1 aliphatic heterocycles. The fraction of sp³-hybridized carbons (Fsp3) is 0.393. The third kappa shape index (κ3) is 6.53. The maximum atomic E-state index is 13.4. The number of allylic oxidation sites excluding steroid dienone is 2. The lowest BCUT2D eigenvalue weighted by molar-refractivity contribution is -0.170. The summed E-state index contributed by atoms with van der Waals surface area (Å²) in [5.74, 6) is -2.68. The van der Waals surface area contributed by atoms with Crippen LogP contribution in [0.2, 0.25) is 5.02 Å². The van der Waals surface area contributed by atoms with Gasteiger partial charge in [0.05, 0.1) is 32.6 Å². The van der Waals surface area contributed by atoms with Crippen LogP contribution in [0.1, 0.15) is 46.8 Å². The van der Waals surface area contributed by atoms with Crippen molar-refractivity contribution in [3.05, 3.63) is 51.1 Å². The Hall–Kier alpha value is -3.93. The van der Waals surface area contributed by atoms with Crippen molar-refractivity contribution in [1.82, 2.24) is 0 Å². The van der Waals surface area contributed by atoms with E-state index < -0.39 is 24.0 Å². The number of rotatable bonds is 10. The van der Waals surface area contributed by atoms with Crippen LogP contribution >= 0.6 is 11.6 Å². The molecule has 0 radical (unpaired) electrons. The summed E-state index contributed by atoms with van der Waals surface area (Å²) >= 11 is 6.26. The van der Waals surface area contributed by atoms with Crippen molar-refractivity contribution in [2.24, 2.45) is 0 Å². The number of hydrogen-bond donors (Lipinski definition) is 0. The maximum Gasteiger partial charge on any atom is 0.471 e. The lowest BCUT2D eigenvalue weighted by Crippen LogP contribution is -2.39. The van der Waals surface area contributed by atoms with Gasteiger partial charge in [0.1, 0.15) is 17.4 Å². The second-order valence-electron chi connectivity index (χ2n) is 9.12. The molecule has 1 heterocycles. The standard InChI is InChI=1S/C28H29ClF3NO8/c1-14(8-12-20(34)41-18-10-11-19(37-4)25(39-6)22(18)29)7-9-16-23(33(3)27(36)28(30,31)32)21-17(13-40-26(21)35)15(2)24(16)38-5/h7,10-11H,8-9,12-13H2,1-6H3. The zero-order valence-electron chi connectivity index (χ0n) is 23.3. The highest BCUT2D eigenvalue weighted by molar-refractivity contribution is 6.34. The number of carbonyl (C=O) groups is 3. The zero-order chi connectivity index (χ0) is 30.6. The Labute approximate surface area is 239 Å². The lowest BCUT2D eigenvalue weighted by atomic mass is 9.92. The Morgan fingerprint density at radius 3 is 2.29 bits per heavy atom. The number of fused-ring (bicyclic) bond motifs is 1. The Morgan fingerprint density at radius 2 is 1.71 bits per heavy atom. The van der Waals surface area contributed by atoms with E-state index in [-0.39, 0.29) is 65.0 Å². The molecular formula is C28H29ClF3NO8. The van der Waals surface area contributed by atoms with Gasteiger partial charge in [-0.1, -0.05) is 23.3 Å². The highest BCUT2D eigenvalue weighted by Crippen LogP contribution is 2.44. The summed E-state index contributed by atoms with van der Waals surface area (Å²) in [5, 5.41) is 0.0649. The van der Waals surface area contributed by atoms with Gasteiger partial charge in [-0.05, 0) is 44.4 Å². The van der Waals surface area contributed by atoms with Crippen molar-refractivity contribution in [2.45, 2.75) is 45.9 Å². The summed E-state index contributed by atoms with van der Waals surface area (Å²) in [4.78, 5) is 37.7. The molecule has 222 valence electrons. The number of alkyl halides is 3. The minimum absolute atomic E-state index is 0.00221. The molecular weight excluding hydrogens is 571 g/mol. The number of ether oxygens (including phenoxy) is 5. The minimum Gasteiger partial charge on any atom is -0.496 e. The quantitative estimate of drug-likeness (QED) is 0.193. The van der Waals surface area contributed by atoms with E-state index in [1.54, 1.807) is 26.0 Å². The monoisotopic (exact) mass is 599 g/mol. The molecule has 41 heavy (non-hydrogen) atoms. The zero-order valence-corrected chi connectivity index (χ0v) is 24.0. The molecule has 0 N–H and O–H groups in total. The van der Waals surface area contributed by atoms with Gasteiger partial charge in [0.15, 0.2) is 17.2 Å². The van der Waals surface area contributed by atoms with Crippen LogP contribution in [-0.2, 0) is 27.4 Å². The van der Waals surface area contributed by atoms with Crippen molar-refractivity contribution in [2.75, 3.05) is 33.3 Å². The third-order valence-electron chi connectivity index (χ3n) is 6.58. The van der Waals surface area contributed by atoms with E-state index in [2.05, 4.69) is 0 Å². The molecule has 3 rings (SSSR count). The second-order valence-corrected chi connectivity index (χ2v) is 9.50. The number of methoxy groups -OCH3 is 3. The summed E-state index contributed by atoms with van der Waals surface area (Å²) in [6, 6.07) is 3.01. The number of halogens is 4. The van der Waals surface area contributed by atoms with Crippen LogP contribution in [0.3, 0.4) is 0 Å². The molecule has 1 aliphatic rings. The van der Waals surface area contributed by atoms with E-state index in [4.69, 9.17) is 35.3 Å². The SMILES string of the molecule is COc1ccc(OC(=O)CCC(C)=CCc2c(OC)c(C)c3c(c2N(C)C(=O)C(F)(F)F)C(=O)OC3)c(Cl)c1OC. The fourth-order valence-electron chi connectivity index (χ4n) is 4.49. The first-order valence-electron chi connectivity index (χ1n) is 12.3. The average molecular weight is 600 g/mol. The van der Waals surface area contributed by atoms with Gasteiger partial charge in [-0.25, -0.2) is 4.79 Å². The summed E-state index contributed by atoms with van der Waals surface area (Å²) in [6.45, 7) is 3.23. The van der Waals surface area contributed by atoms with E-state index >= 15 is 0 Å². The molecule has 0 bridgehead atoms. The maximum absolute atomic E-state index is 13.4. The van der Waals surface area contributed by atoms with Gasteiger partial charge >= 0.3 is 24.0 Å². The van der Waals surface area contributed by atoms with Crippen LogP contribution in [0.15, 0.2) is 23.8 Å². The van der Waals surface area contributed by atoms with Crippen molar-refractivity contribution in [3.63, 3.8) is 0 Å². The van der Waals surface area contributed by atoms with E-state index in [0.717, 1.165) is 7.05 Å². The van der Waals surface area contributed by atoms with Crippen molar-refractivity contribution in [1.29, 1.82) is 0 Å². The van der Waals surface area contributed by atoms with Crippen LogP contribution in [0.4, 0.5) is 18.9 Å². The minimum atomic E-state index is -5.18. The van der Waals surface area contributed by atoms with Crippen LogP contribution in [-0.4, -0.2) is 52.4 Å². The predicted octanol–water partition coefficient (Wildman–Crippen LogP) is 5.74. The second kappa shape index (κ2) is 12.7. The van der Waals surface area contributed by atoms with E-state index in [1.165, 1.54) is 27.4 Å². The molecule has 9 nitrogen and oxygen atoms in total. The molecule has 2 aromatic carbocycles. The molecule has 0 aromatic heterocycles. The number of anilines is 1. The summed E-state index contributed by atoms with van der Waals surface area (Å²) in [6.07, 6.45) is -3.31. The van der Waals surface area contributed by atoms with Crippen LogP contribution in [0.5, 0.6) is 23.0 Å². The first-order chi connectivity index (χ1) is 19.3. The van der Waals surface area contributed by atoms with Gasteiger partial charge in [-0.15, -0.1) is 0 Å². The first-order valence-corrected chi connectivity index (χ1v) is 12.7. The van der Waals surface area contributed by atoms with Crippen molar-refractivity contribution >= 4 is 35.1 Å². The third-order valence-corrected chi connectivity index (χ3v) is 6.94. The number of benzene rings is 2. The number of carbonyl (C=O) groups excluding carboxylic acids is 3. The number of amides is 1. The van der Waals surface area contributed by atoms with E-state index in [1.807, 2.05) is 0 Å². The Morgan fingerprint density at radius 1 is 1.07 bits per heavy atom. The summed E-state index contributed by atoms with van der Waals surface area (Å²) in [5.41, 5.74) is 1.41. The summed E-state index contributed by atoms with van der Waals surface area (Å²) in [7, 11) is 5.12. The predicted molar refractivity (Wildman–Crippen MR) is 143 cm³/mol. The van der Waals surface area contributed by atoms with Gasteiger partial charge in [0.25, 0.3) is 0 Å². The van der Waals surface area contributed by atoms with E-state index in [0.29, 0.717) is 27.3 Å². The van der Waals surface area contributed by atoms with Crippen molar-refractivity contribution < 1.29 is 51.2 Å². The van der Waals surface area contributed by atoms with E-state index in [9.17, 15) is 27.6 Å². The number of hydrogen-bond acceptors (Lipinski definition) is 8. The van der Waals surface area contributed by atoms with Crippen LogP contribution in [0, 0.1) is 6.92 Å². The lowest BCUT2D eigenvalue weighted by Gasteiger charge is -2.26. The molecule has 0 aliphatic carbocycles. The largest absolute Gasteiger partial charge is 0.496 e. The fourth-order valence-corrected chi connectivity index (χ4v) is 4.76. The van der Waals surface area contributed by atoms with Gasteiger partial charge in [0.2, 0.25) is 0 Å². The average Bonchev–Trinajstić information content (AvgIpc) is 3.31. The molecule has 0 fully saturated rings. The normalized spacial score (nSPS) is 12.9. The number of nitrogens with zero attached hydrogens (tertiary/aromatic N) is 1. The van der Waals surface area contributed by atoms with Crippen LogP contribution in [0.25, 0.3) is 0 Å². The molecule has 0 spiro atoms. The number of esters is 2. The van der Waals surface area contributed by atoms with Crippen LogP contribution < -0.4 is 23.8 Å². The van der Waals surface area contributed by atoms with Gasteiger partial charge in [-0.2, -0.15) is 13.2 Å². The van der Waals surface area contributed by atoms with Gasteiger partial charge in [0, 0.05) is 24.6 Å². The molecule has 0 saturated heterocycles. The Bertz CT molecular complexity index is 1400. The molecule has 2 aromatic rings. The summed E-state index contributed by atoms with van der Waals surface area (Å²) < 4.78 is 66.4. The number of cyclic esters (lactones) is 1. The first kappa shape index (κ1) is 31.6. The Kier molecular flexibility index (Phi) is 9.80. The molecule has 0 unspecified atom stereocenters. The Balaban J connectivity index is 1.87. The van der Waals surface area contributed by atoms with Gasteiger partial charge < -0.3 is 28.6 Å². The topological polar surface area (TPSA) is 101 Å². The molecule has 13 heteroatoms. The smallest absolute Gasteiger partial charge is 0.471 e. The molecule has 0 saturated carbocycles. The van der Waals surface area contributed by atoms with Gasteiger partial charge in [-0.3, -0.25) is 9.59 Å². The highest BCUT2D eigenvalue weighted by atomic mass is 35.5. The highest BCUT2D eigenvalue weighted by Gasteiger charge is 2.44. The van der Waals surface area contributed by atoms with Crippen molar-refractivity contribution in [3.8, 4) is 23.0 Å². The molecule has 0 atom stereocenters.